The van der Waals surface area contributed by atoms with E-state index in [1.165, 1.54) is 6.92 Å². The van der Waals surface area contributed by atoms with Crippen molar-refractivity contribution in [1.82, 2.24) is 69.1 Å². The van der Waals surface area contributed by atoms with Crippen LogP contribution in [0.4, 0.5) is 0 Å². The van der Waals surface area contributed by atoms with Gasteiger partial charge in [-0.3, -0.25) is 81.5 Å². The summed E-state index contributed by atoms with van der Waals surface area (Å²) in [5.41, 5.74) is 38.8. The molecule has 0 heterocycles. The van der Waals surface area contributed by atoms with Crippen molar-refractivity contribution in [3.63, 3.8) is 0 Å². The molecule has 0 spiro atoms. The Morgan fingerprint density at radius 1 is 0.377 bits per heavy atom. The molecule has 15 unspecified atom stereocenters. The van der Waals surface area contributed by atoms with Crippen LogP contribution >= 0.6 is 12.6 Å². The molecule has 31 N–H and O–H groups in total. The number of aliphatic hydroxyl groups is 2. The minimum atomic E-state index is -2.06. The molecule has 0 saturated carbocycles. The molecule has 0 aromatic carbocycles. The summed E-state index contributed by atoms with van der Waals surface area (Å²) in [7, 11) is 0. The molecule has 0 aromatic rings. The van der Waals surface area contributed by atoms with E-state index in [1.807, 2.05) is 0 Å². The van der Waals surface area contributed by atoms with E-state index in [1.54, 1.807) is 34.6 Å². The molecule has 0 bridgehead atoms. The first kappa shape index (κ1) is 96.6. The van der Waals surface area contributed by atoms with Gasteiger partial charge in [0.2, 0.25) is 94.5 Å². The zero-order valence-corrected chi connectivity index (χ0v) is 61.5. The summed E-state index contributed by atoms with van der Waals surface area (Å²) in [4.78, 5) is 239. The molecule has 15 atom stereocenters. The second-order valence-electron chi connectivity index (χ2n) is 25.7. The van der Waals surface area contributed by atoms with Crippen LogP contribution in [0, 0.1) is 17.8 Å². The van der Waals surface area contributed by atoms with Gasteiger partial charge in [0, 0.05) is 12.2 Å². The summed E-state index contributed by atoms with van der Waals surface area (Å²) in [6.45, 7) is 7.21. The van der Waals surface area contributed by atoms with Gasteiger partial charge in [-0.15, -0.1) is 0 Å². The van der Waals surface area contributed by atoms with Crippen LogP contribution in [0.5, 0.6) is 0 Å². The number of amides is 16. The first-order valence-electron chi connectivity index (χ1n) is 34.7. The normalized spacial score (nSPS) is 15.3. The second-order valence-corrected chi connectivity index (χ2v) is 26.1. The maximum Gasteiger partial charge on any atom is 0.326 e. The maximum atomic E-state index is 14.4. The molecule has 43 heteroatoms. The summed E-state index contributed by atoms with van der Waals surface area (Å²) in [5.74, 6) is -22.8. The number of carboxylic acids is 2. The smallest absolute Gasteiger partial charge is 0.326 e. The lowest BCUT2D eigenvalue weighted by atomic mass is 9.97. The third kappa shape index (κ3) is 37.5. The van der Waals surface area contributed by atoms with Gasteiger partial charge in [-0.1, -0.05) is 54.4 Å². The van der Waals surface area contributed by atoms with E-state index in [9.17, 15) is 107 Å². The highest BCUT2D eigenvalue weighted by Crippen LogP contribution is 2.15. The van der Waals surface area contributed by atoms with E-state index in [-0.39, 0.29) is 76.8 Å². The zero-order chi connectivity index (χ0) is 81.1. The number of hydrogen-bond acceptors (Lipinski definition) is 25. The van der Waals surface area contributed by atoms with Crippen LogP contribution in [0.2, 0.25) is 0 Å². The predicted octanol–water partition coefficient (Wildman–Crippen LogP) is -10.1. The minimum Gasteiger partial charge on any atom is -0.481 e. The summed E-state index contributed by atoms with van der Waals surface area (Å²) >= 11 is 4.16. The molecule has 0 aliphatic rings. The Kier molecular flexibility index (Phi) is 47.1. The zero-order valence-electron chi connectivity index (χ0n) is 60.6. The number of rotatable bonds is 56. The summed E-state index contributed by atoms with van der Waals surface area (Å²) in [6, 6.07) is -21.1. The Morgan fingerprint density at radius 2 is 0.736 bits per heavy atom. The summed E-state index contributed by atoms with van der Waals surface area (Å²) in [5, 5.41) is 69.3. The first-order chi connectivity index (χ1) is 49.8. The molecule has 602 valence electrons. The topological polar surface area (TPSA) is 727 Å². The SMILES string of the molecule is CCC(C)C(NC(=O)C(N)CO)C(=O)NC(CC(=O)O)C(=O)NCC(=O)NC(CC(N)=O)C(=O)NC(CC(N)=O)C(=O)NC(CCC(N)=O)C(=O)NC(CC(C)C)C(=O)NC(CCCN)C(=O)NC(CCCCN)C(=O)NC(CO)C(=O)NC(C(=O)NC(CS)C(=O)NC(CCCCN)C(=O)O)C(C)CC. The molecular formula is C63H112N20O22S. The minimum absolute atomic E-state index is 0.0333. The predicted molar refractivity (Wildman–Crippen MR) is 381 cm³/mol. The van der Waals surface area contributed by atoms with Crippen LogP contribution < -0.4 is 109 Å². The second kappa shape index (κ2) is 51.7. The standard InChI is InChI=1S/C63H112N20O22S/c1-7-31(5)49(82-51(92)33(67)27-84)61(102)79-41(25-48(90)91)52(93)71-26-47(89)72-39(23-45(69)87)57(98)78-40(24-46(70)88)58(99)75-36(17-18-44(68)86)55(96)77-38(22-30(3)4)56(97)74-35(16-13-21-66)53(94)73-34(14-9-11-19-64)54(95)80-42(28-85)59(100)83-50(32(6)8-2)62(103)81-43(29-106)60(101)76-37(63(104)105)15-10-12-20-65/h30-43,49-50,84-85,106H,7-29,64-67H2,1-6H3,(H2,68,86)(H2,69,87)(H2,70,88)(H,71,93)(H,72,89)(H,73,94)(H,74,97)(H,75,99)(H,76,101)(H,77,96)(H,78,98)(H,79,102)(H,80,95)(H,81,103)(H,82,92)(H,83,100)(H,90,91)(H,104,105). The molecule has 42 nitrogen and oxygen atoms in total. The average Bonchev–Trinajstić information content (AvgIpc) is 0.865. The fourth-order valence-electron chi connectivity index (χ4n) is 9.92. The van der Waals surface area contributed by atoms with Crippen molar-refractivity contribution in [3.8, 4) is 0 Å². The Labute approximate surface area is 618 Å². The number of carboxylic acid groups (broad SMARTS) is 2. The van der Waals surface area contributed by atoms with Crippen LogP contribution in [-0.2, 0) is 86.3 Å². The molecule has 0 aliphatic carbocycles. The highest BCUT2D eigenvalue weighted by atomic mass is 32.1. The van der Waals surface area contributed by atoms with E-state index in [4.69, 9.17) is 40.1 Å². The largest absolute Gasteiger partial charge is 0.481 e. The number of carbonyl (C=O) groups is 18. The van der Waals surface area contributed by atoms with Gasteiger partial charge >= 0.3 is 11.9 Å². The van der Waals surface area contributed by atoms with Crippen LogP contribution in [0.1, 0.15) is 144 Å². The van der Waals surface area contributed by atoms with Gasteiger partial charge in [-0.25, -0.2) is 4.79 Å². The lowest BCUT2D eigenvalue weighted by Crippen LogP contribution is -2.62. The number of aliphatic carboxylic acids is 2. The first-order valence-corrected chi connectivity index (χ1v) is 35.3. The molecule has 0 aromatic heterocycles. The number of thiol groups is 1. The summed E-state index contributed by atoms with van der Waals surface area (Å²) in [6.07, 6.45) is -2.80. The summed E-state index contributed by atoms with van der Waals surface area (Å²) < 4.78 is 0. The van der Waals surface area contributed by atoms with Gasteiger partial charge in [0.05, 0.1) is 39.0 Å². The number of aliphatic hydroxyl groups excluding tert-OH is 2. The molecular weight excluding hydrogens is 1420 g/mol. The molecule has 0 rings (SSSR count). The van der Waals surface area contributed by atoms with E-state index in [2.05, 4.69) is 81.7 Å². The van der Waals surface area contributed by atoms with Crippen LogP contribution in [0.15, 0.2) is 0 Å². The quantitative estimate of drug-likeness (QED) is 0.0199. The van der Waals surface area contributed by atoms with E-state index in [0.717, 1.165) is 0 Å². The Morgan fingerprint density at radius 3 is 1.15 bits per heavy atom. The van der Waals surface area contributed by atoms with Crippen LogP contribution in [0.25, 0.3) is 0 Å². The third-order valence-corrected chi connectivity index (χ3v) is 16.8. The van der Waals surface area contributed by atoms with Crippen molar-refractivity contribution in [2.24, 2.45) is 57.9 Å². The van der Waals surface area contributed by atoms with Gasteiger partial charge in [0.15, 0.2) is 0 Å². The van der Waals surface area contributed by atoms with Gasteiger partial charge in [0.1, 0.15) is 78.5 Å². The molecule has 0 saturated heterocycles. The molecule has 0 fully saturated rings. The highest BCUT2D eigenvalue weighted by Gasteiger charge is 2.39. The van der Waals surface area contributed by atoms with E-state index in [0.29, 0.717) is 19.3 Å². The number of hydrogen-bond donors (Lipinski definition) is 25. The lowest BCUT2D eigenvalue weighted by molar-refractivity contribution is -0.142. The molecule has 0 aliphatic heterocycles. The van der Waals surface area contributed by atoms with Crippen molar-refractivity contribution in [1.29, 1.82) is 0 Å². The van der Waals surface area contributed by atoms with E-state index < -0.39 is 255 Å². The third-order valence-electron chi connectivity index (χ3n) is 16.4. The Hall–Kier alpha value is -9.43. The number of carbonyl (C=O) groups excluding carboxylic acids is 16. The Bertz CT molecular complexity index is 2990. The van der Waals surface area contributed by atoms with Crippen molar-refractivity contribution < 1.29 is 107 Å². The van der Waals surface area contributed by atoms with Crippen molar-refractivity contribution in [2.45, 2.75) is 223 Å². The number of nitrogens with one attached hydrogen (secondary N) is 13. The van der Waals surface area contributed by atoms with Crippen LogP contribution in [0.3, 0.4) is 0 Å². The van der Waals surface area contributed by atoms with E-state index >= 15 is 0 Å². The fourth-order valence-corrected chi connectivity index (χ4v) is 10.2. The van der Waals surface area contributed by atoms with Gasteiger partial charge < -0.3 is 130 Å². The van der Waals surface area contributed by atoms with Crippen molar-refractivity contribution in [2.75, 3.05) is 45.1 Å². The average molecular weight is 1530 g/mol. The number of primary amides is 3. The van der Waals surface area contributed by atoms with Crippen LogP contribution in [-0.4, -0.2) is 251 Å². The number of nitrogens with two attached hydrogens (primary N) is 7. The monoisotopic (exact) mass is 1530 g/mol. The highest BCUT2D eigenvalue weighted by molar-refractivity contribution is 7.80. The molecule has 106 heavy (non-hydrogen) atoms. The van der Waals surface area contributed by atoms with Gasteiger partial charge in [0.25, 0.3) is 0 Å². The number of unbranched alkanes of at least 4 members (excludes halogenated alkanes) is 2. The van der Waals surface area contributed by atoms with Gasteiger partial charge in [-0.2, -0.15) is 12.6 Å². The maximum absolute atomic E-state index is 14.4. The Balaban J connectivity index is 6.89. The van der Waals surface area contributed by atoms with Gasteiger partial charge in [-0.05, 0) is 102 Å². The van der Waals surface area contributed by atoms with Crippen molar-refractivity contribution in [3.05, 3.63) is 0 Å². The fraction of sp³-hybridized carbons (Fsp3) is 0.714. The molecule has 16 amide bonds. The molecule has 0 radical (unpaired) electrons. The lowest BCUT2D eigenvalue weighted by Gasteiger charge is -2.29. The van der Waals surface area contributed by atoms with Crippen molar-refractivity contribution >= 4 is 119 Å².